The fourth-order valence-electron chi connectivity index (χ4n) is 5.51. The van der Waals surface area contributed by atoms with Crippen LogP contribution >= 0.6 is 0 Å². The molecule has 3 aromatic rings. The molecule has 0 aromatic heterocycles. The van der Waals surface area contributed by atoms with Crippen molar-refractivity contribution in [3.05, 3.63) is 89.5 Å². The highest BCUT2D eigenvalue weighted by atomic mass is 32.2. The molecule has 43 heavy (non-hydrogen) atoms. The average molecular weight is 605 g/mol. The van der Waals surface area contributed by atoms with Crippen LogP contribution in [0.2, 0.25) is 0 Å². The number of rotatable bonds is 12. The van der Waals surface area contributed by atoms with Crippen molar-refractivity contribution in [2.24, 2.45) is 11.8 Å². The molecule has 1 saturated carbocycles. The zero-order chi connectivity index (χ0) is 31.0. The van der Waals surface area contributed by atoms with Crippen LogP contribution in [0.25, 0.3) is 0 Å². The molecular formula is C34H44N4O4S. The maximum Gasteiger partial charge on any atom is 0.264 e. The summed E-state index contributed by atoms with van der Waals surface area (Å²) < 4.78 is 28.3. The van der Waals surface area contributed by atoms with E-state index in [0.29, 0.717) is 36.4 Å². The highest BCUT2D eigenvalue weighted by Gasteiger charge is 2.34. The zero-order valence-electron chi connectivity index (χ0n) is 25.6. The third-order valence-corrected chi connectivity index (χ3v) is 9.58. The van der Waals surface area contributed by atoms with Gasteiger partial charge in [-0.15, -0.1) is 0 Å². The Balaban J connectivity index is 1.51. The summed E-state index contributed by atoms with van der Waals surface area (Å²) in [6.45, 7) is 7.59. The summed E-state index contributed by atoms with van der Waals surface area (Å²) in [4.78, 5) is 29.1. The van der Waals surface area contributed by atoms with E-state index in [1.165, 1.54) is 6.07 Å². The van der Waals surface area contributed by atoms with Crippen molar-refractivity contribution in [1.29, 1.82) is 0 Å². The van der Waals surface area contributed by atoms with E-state index >= 15 is 0 Å². The lowest BCUT2D eigenvalue weighted by Gasteiger charge is -2.31. The minimum atomic E-state index is -4.03. The first-order valence-corrected chi connectivity index (χ1v) is 16.6. The molecule has 3 aromatic carbocycles. The number of carbonyl (C=O) groups excluding carboxylic acids is 2. The summed E-state index contributed by atoms with van der Waals surface area (Å²) in [6, 6.07) is 21.8. The highest BCUT2D eigenvalue weighted by Crippen LogP contribution is 2.29. The van der Waals surface area contributed by atoms with Gasteiger partial charge in [-0.25, -0.2) is 13.1 Å². The van der Waals surface area contributed by atoms with Gasteiger partial charge in [0.05, 0.1) is 22.2 Å². The van der Waals surface area contributed by atoms with E-state index in [-0.39, 0.29) is 10.8 Å². The zero-order valence-corrected chi connectivity index (χ0v) is 26.4. The van der Waals surface area contributed by atoms with Crippen LogP contribution in [0.1, 0.15) is 67.4 Å². The number of carbonyl (C=O) groups is 2. The number of sulfonamides is 1. The minimum Gasteiger partial charge on any atom is -0.379 e. The van der Waals surface area contributed by atoms with Gasteiger partial charge in [0, 0.05) is 31.7 Å². The van der Waals surface area contributed by atoms with Gasteiger partial charge in [0.25, 0.3) is 15.9 Å². The second kappa shape index (κ2) is 14.6. The summed E-state index contributed by atoms with van der Waals surface area (Å²) in [5, 5.41) is 6.57. The van der Waals surface area contributed by atoms with Gasteiger partial charge in [-0.3, -0.25) is 9.59 Å². The number of nitrogens with zero attached hydrogens (tertiary/aromatic N) is 1. The first-order valence-electron chi connectivity index (χ1n) is 15.1. The molecule has 0 saturated heterocycles. The van der Waals surface area contributed by atoms with E-state index in [2.05, 4.69) is 53.3 Å². The molecule has 2 amide bonds. The van der Waals surface area contributed by atoms with Crippen LogP contribution in [0.3, 0.4) is 0 Å². The second-order valence-corrected chi connectivity index (χ2v) is 13.5. The SMILES string of the molecule is Cc1ccccc1S(=O)(=O)NC(=O)[C@@H]1CCCC[C@H]1NC(=O)c1ccc(N(C)CCC(C)C)c(NCc2ccccc2)c1. The minimum absolute atomic E-state index is 0.0775. The van der Waals surface area contributed by atoms with E-state index in [9.17, 15) is 18.0 Å². The van der Waals surface area contributed by atoms with Crippen LogP contribution in [-0.4, -0.2) is 39.9 Å². The van der Waals surface area contributed by atoms with Gasteiger partial charge in [-0.2, -0.15) is 0 Å². The third-order valence-electron chi connectivity index (χ3n) is 8.07. The maximum absolute atomic E-state index is 13.6. The molecule has 0 bridgehead atoms. The molecular weight excluding hydrogens is 560 g/mol. The molecule has 2 atom stereocenters. The standard InChI is InChI=1S/C34H44N4O4S/c1-24(2)20-21-38(4)31-19-18-27(22-30(31)35-23-26-13-6-5-7-14-26)33(39)36-29-16-10-9-15-28(29)34(40)37-43(41,42)32-17-11-8-12-25(32)3/h5-8,11-14,17-19,22,24,28-29,35H,9-10,15-16,20-21,23H2,1-4H3,(H,36,39)(H,37,40)/t28-,29-/m1/s1. The monoisotopic (exact) mass is 604 g/mol. The van der Waals surface area contributed by atoms with Crippen LogP contribution in [0.15, 0.2) is 77.7 Å². The van der Waals surface area contributed by atoms with E-state index in [1.807, 2.05) is 36.4 Å². The Kier molecular flexibility index (Phi) is 10.9. The fraction of sp³-hybridized carbons (Fsp3) is 0.412. The smallest absolute Gasteiger partial charge is 0.264 e. The Morgan fingerprint density at radius 3 is 2.37 bits per heavy atom. The predicted molar refractivity (Wildman–Crippen MR) is 173 cm³/mol. The topological polar surface area (TPSA) is 108 Å². The van der Waals surface area contributed by atoms with Gasteiger partial charge < -0.3 is 15.5 Å². The van der Waals surface area contributed by atoms with Crippen molar-refractivity contribution in [1.82, 2.24) is 10.0 Å². The number of hydrogen-bond donors (Lipinski definition) is 3. The van der Waals surface area contributed by atoms with Gasteiger partial charge in [0.15, 0.2) is 0 Å². The van der Waals surface area contributed by atoms with Crippen LogP contribution in [0.5, 0.6) is 0 Å². The van der Waals surface area contributed by atoms with Gasteiger partial charge in [0.1, 0.15) is 0 Å². The van der Waals surface area contributed by atoms with Crippen molar-refractivity contribution < 1.29 is 18.0 Å². The van der Waals surface area contributed by atoms with Gasteiger partial charge >= 0.3 is 0 Å². The number of aryl methyl sites for hydroxylation is 1. The Morgan fingerprint density at radius 2 is 1.65 bits per heavy atom. The molecule has 8 nitrogen and oxygen atoms in total. The summed E-state index contributed by atoms with van der Waals surface area (Å²) in [5.74, 6) is -0.944. The Morgan fingerprint density at radius 1 is 0.953 bits per heavy atom. The van der Waals surface area contributed by atoms with Gasteiger partial charge in [-0.05, 0) is 67.5 Å². The molecule has 1 aliphatic carbocycles. The molecule has 9 heteroatoms. The number of nitrogens with one attached hydrogen (secondary N) is 3. The molecule has 4 rings (SSSR count). The van der Waals surface area contributed by atoms with Crippen molar-refractivity contribution >= 4 is 33.2 Å². The Labute approximate surface area is 256 Å². The number of hydrogen-bond acceptors (Lipinski definition) is 6. The van der Waals surface area contributed by atoms with E-state index in [4.69, 9.17) is 0 Å². The average Bonchev–Trinajstić information content (AvgIpc) is 2.99. The van der Waals surface area contributed by atoms with E-state index < -0.39 is 27.9 Å². The molecule has 0 spiro atoms. The first-order chi connectivity index (χ1) is 20.5. The van der Waals surface area contributed by atoms with Crippen LogP contribution < -0.4 is 20.3 Å². The second-order valence-electron chi connectivity index (χ2n) is 11.9. The quantitative estimate of drug-likeness (QED) is 0.238. The van der Waals surface area contributed by atoms with Crippen molar-refractivity contribution in [3.63, 3.8) is 0 Å². The summed E-state index contributed by atoms with van der Waals surface area (Å²) >= 11 is 0. The van der Waals surface area contributed by atoms with Crippen molar-refractivity contribution in [2.45, 2.75) is 70.4 Å². The lowest BCUT2D eigenvalue weighted by molar-refractivity contribution is -0.124. The molecule has 0 aliphatic heterocycles. The maximum atomic E-state index is 13.6. The van der Waals surface area contributed by atoms with Gasteiger partial charge in [0.2, 0.25) is 5.91 Å². The molecule has 1 aliphatic rings. The Hall–Kier alpha value is -3.85. The molecule has 0 unspecified atom stereocenters. The van der Waals surface area contributed by atoms with Crippen LogP contribution in [-0.2, 0) is 21.4 Å². The van der Waals surface area contributed by atoms with Crippen molar-refractivity contribution in [2.75, 3.05) is 23.8 Å². The predicted octanol–water partition coefficient (Wildman–Crippen LogP) is 5.88. The number of benzene rings is 3. The van der Waals surface area contributed by atoms with Crippen LogP contribution in [0.4, 0.5) is 11.4 Å². The summed E-state index contributed by atoms with van der Waals surface area (Å²) in [5.41, 5.74) is 4.03. The first kappa shape index (κ1) is 32.1. The number of amides is 2. The lowest BCUT2D eigenvalue weighted by Crippen LogP contribution is -2.49. The molecule has 1 fully saturated rings. The third kappa shape index (κ3) is 8.60. The van der Waals surface area contributed by atoms with E-state index in [1.54, 1.807) is 25.1 Å². The van der Waals surface area contributed by atoms with Crippen LogP contribution in [0, 0.1) is 18.8 Å². The number of anilines is 2. The molecule has 0 radical (unpaired) electrons. The highest BCUT2D eigenvalue weighted by molar-refractivity contribution is 7.90. The fourth-order valence-corrected chi connectivity index (χ4v) is 6.78. The van der Waals surface area contributed by atoms with Gasteiger partial charge in [-0.1, -0.05) is 75.2 Å². The summed E-state index contributed by atoms with van der Waals surface area (Å²) in [7, 11) is -1.97. The molecule has 3 N–H and O–H groups in total. The summed E-state index contributed by atoms with van der Waals surface area (Å²) in [6.07, 6.45) is 3.79. The van der Waals surface area contributed by atoms with E-state index in [0.717, 1.165) is 42.7 Å². The molecule has 0 heterocycles. The molecule has 230 valence electrons. The lowest BCUT2D eigenvalue weighted by atomic mass is 9.84. The normalized spacial score (nSPS) is 16.9. The largest absolute Gasteiger partial charge is 0.379 e. The Bertz CT molecular complexity index is 1510. The van der Waals surface area contributed by atoms with Crippen molar-refractivity contribution in [3.8, 4) is 0 Å².